The first-order valence-electron chi connectivity index (χ1n) is 15.1. The van der Waals surface area contributed by atoms with Crippen LogP contribution >= 0.6 is 11.6 Å². The minimum Gasteiger partial charge on any atom is -0.494 e. The minimum atomic E-state index is -1.40. The van der Waals surface area contributed by atoms with Crippen molar-refractivity contribution in [2.24, 2.45) is 5.92 Å². The molecule has 0 aromatic heterocycles. The van der Waals surface area contributed by atoms with Gasteiger partial charge in [-0.25, -0.2) is 4.39 Å². The lowest BCUT2D eigenvalue weighted by Crippen LogP contribution is -2.62. The summed E-state index contributed by atoms with van der Waals surface area (Å²) in [6.07, 6.45) is -0.599. The van der Waals surface area contributed by atoms with Crippen molar-refractivity contribution in [2.45, 2.75) is 64.0 Å². The Morgan fingerprint density at radius 1 is 0.800 bits per heavy atom. The molecule has 0 aliphatic carbocycles. The van der Waals surface area contributed by atoms with Gasteiger partial charge in [0.25, 0.3) is 0 Å². The SMILES string of the molecule is CC[C@H]1O[C@@](OC)(c2ccc(Cl)c(Cc3ccc(OC)c(F)c3F)c2)[C@H](OCc2ccccc2)[C@@H](OCc2ccccc2)[C@@H]1C. The zero-order valence-corrected chi connectivity index (χ0v) is 26.7. The van der Waals surface area contributed by atoms with Gasteiger partial charge in [-0.15, -0.1) is 0 Å². The maximum Gasteiger partial charge on any atom is 0.224 e. The molecule has 0 spiro atoms. The fourth-order valence-corrected chi connectivity index (χ4v) is 6.23. The second-order valence-electron chi connectivity index (χ2n) is 11.3. The maximum absolute atomic E-state index is 15.0. The molecule has 0 amide bonds. The molecule has 5 nitrogen and oxygen atoms in total. The molecular formula is C37H39ClF2O5. The Morgan fingerprint density at radius 2 is 1.44 bits per heavy atom. The quantitative estimate of drug-likeness (QED) is 0.156. The predicted molar refractivity (Wildman–Crippen MR) is 170 cm³/mol. The van der Waals surface area contributed by atoms with Crippen LogP contribution in [0.3, 0.4) is 0 Å². The first kappa shape index (κ1) is 33.0. The summed E-state index contributed by atoms with van der Waals surface area (Å²) in [5, 5.41) is 0.399. The van der Waals surface area contributed by atoms with E-state index in [1.807, 2.05) is 72.8 Å². The molecule has 1 saturated heterocycles. The molecule has 0 saturated carbocycles. The first-order valence-corrected chi connectivity index (χ1v) is 15.5. The number of halogens is 3. The summed E-state index contributed by atoms with van der Waals surface area (Å²) < 4.78 is 61.1. The average Bonchev–Trinajstić information content (AvgIpc) is 3.07. The number of rotatable bonds is 12. The average molecular weight is 637 g/mol. The molecule has 1 fully saturated rings. The molecule has 1 aliphatic heterocycles. The van der Waals surface area contributed by atoms with Crippen LogP contribution in [0.5, 0.6) is 5.75 Å². The molecule has 0 N–H and O–H groups in total. The van der Waals surface area contributed by atoms with E-state index >= 15 is 4.39 Å². The van der Waals surface area contributed by atoms with E-state index in [1.54, 1.807) is 13.2 Å². The van der Waals surface area contributed by atoms with Crippen LogP contribution in [0, 0.1) is 17.6 Å². The second kappa shape index (κ2) is 14.8. The molecule has 5 rings (SSSR count). The monoisotopic (exact) mass is 636 g/mol. The molecule has 8 heteroatoms. The normalized spacial score (nSPS) is 23.2. The van der Waals surface area contributed by atoms with E-state index < -0.39 is 29.6 Å². The van der Waals surface area contributed by atoms with Crippen LogP contribution in [0.15, 0.2) is 91.0 Å². The van der Waals surface area contributed by atoms with Crippen molar-refractivity contribution in [2.75, 3.05) is 14.2 Å². The highest BCUT2D eigenvalue weighted by atomic mass is 35.5. The molecule has 5 atom stereocenters. The van der Waals surface area contributed by atoms with E-state index in [2.05, 4.69) is 13.8 Å². The lowest BCUT2D eigenvalue weighted by atomic mass is 9.81. The van der Waals surface area contributed by atoms with Gasteiger partial charge in [0.15, 0.2) is 11.6 Å². The lowest BCUT2D eigenvalue weighted by Gasteiger charge is -2.52. The third kappa shape index (κ3) is 7.08. The van der Waals surface area contributed by atoms with Crippen molar-refractivity contribution >= 4 is 11.6 Å². The van der Waals surface area contributed by atoms with E-state index in [4.69, 9.17) is 35.3 Å². The van der Waals surface area contributed by atoms with Crippen LogP contribution in [-0.4, -0.2) is 32.5 Å². The summed E-state index contributed by atoms with van der Waals surface area (Å²) in [6.45, 7) is 4.85. The van der Waals surface area contributed by atoms with Gasteiger partial charge in [0.2, 0.25) is 11.6 Å². The Kier molecular flexibility index (Phi) is 10.9. The first-order chi connectivity index (χ1) is 21.8. The van der Waals surface area contributed by atoms with Crippen LogP contribution in [0.1, 0.15) is 48.1 Å². The smallest absolute Gasteiger partial charge is 0.224 e. The molecule has 1 heterocycles. The summed E-state index contributed by atoms with van der Waals surface area (Å²) in [4.78, 5) is 0. The van der Waals surface area contributed by atoms with Gasteiger partial charge < -0.3 is 23.7 Å². The fraction of sp³-hybridized carbons (Fsp3) is 0.351. The zero-order valence-electron chi connectivity index (χ0n) is 26.0. The Bertz CT molecular complexity index is 1550. The fourth-order valence-electron chi connectivity index (χ4n) is 6.04. The molecule has 4 aromatic carbocycles. The summed E-state index contributed by atoms with van der Waals surface area (Å²) >= 11 is 6.65. The maximum atomic E-state index is 15.0. The number of ether oxygens (including phenoxy) is 5. The highest BCUT2D eigenvalue weighted by molar-refractivity contribution is 6.31. The van der Waals surface area contributed by atoms with Crippen LogP contribution in [0.2, 0.25) is 5.02 Å². The van der Waals surface area contributed by atoms with Gasteiger partial charge in [0.05, 0.1) is 32.5 Å². The number of hydrogen-bond donors (Lipinski definition) is 0. The largest absolute Gasteiger partial charge is 0.494 e. The molecule has 0 bridgehead atoms. The van der Waals surface area contributed by atoms with E-state index in [9.17, 15) is 4.39 Å². The van der Waals surface area contributed by atoms with Gasteiger partial charge in [0.1, 0.15) is 6.10 Å². The Labute approximate surface area is 269 Å². The van der Waals surface area contributed by atoms with Gasteiger partial charge in [-0.2, -0.15) is 4.39 Å². The Morgan fingerprint density at radius 3 is 2.04 bits per heavy atom. The topological polar surface area (TPSA) is 46.2 Å². The highest BCUT2D eigenvalue weighted by Crippen LogP contribution is 2.46. The summed E-state index contributed by atoms with van der Waals surface area (Å²) in [5.74, 6) is -3.62. The van der Waals surface area contributed by atoms with E-state index in [1.165, 1.54) is 19.2 Å². The number of methoxy groups -OCH3 is 2. The van der Waals surface area contributed by atoms with Crippen LogP contribution < -0.4 is 4.74 Å². The number of hydrogen-bond acceptors (Lipinski definition) is 5. The summed E-state index contributed by atoms with van der Waals surface area (Å²) in [5.41, 5.74) is 3.38. The van der Waals surface area contributed by atoms with Crippen molar-refractivity contribution in [3.63, 3.8) is 0 Å². The van der Waals surface area contributed by atoms with Crippen LogP contribution in [0.4, 0.5) is 8.78 Å². The second-order valence-corrected chi connectivity index (χ2v) is 11.7. The molecular weight excluding hydrogens is 598 g/mol. The van der Waals surface area contributed by atoms with Crippen LogP contribution in [0.25, 0.3) is 0 Å². The summed E-state index contributed by atoms with van der Waals surface area (Å²) in [7, 11) is 2.88. The van der Waals surface area contributed by atoms with Crippen molar-refractivity contribution in [3.8, 4) is 5.75 Å². The third-order valence-corrected chi connectivity index (χ3v) is 8.91. The lowest BCUT2D eigenvalue weighted by molar-refractivity contribution is -0.369. The standard InChI is InChI=1S/C37H39ClF2O5/c1-5-31-24(2)35(43-22-25-12-8-6-9-13-25)36(44-23-26-14-10-7-11-15-26)37(42-4,45-31)29-17-18-30(38)28(21-29)20-27-16-19-32(41-3)34(40)33(27)39/h6-19,21,24,31,35-36H,5,20,22-23H2,1-4H3/t24-,31-,35+,36-,37+/m1/s1. The molecule has 0 unspecified atom stereocenters. The Hall–Kier alpha value is -3.33. The molecule has 1 aliphatic rings. The molecule has 4 aromatic rings. The van der Waals surface area contributed by atoms with Gasteiger partial charge >= 0.3 is 0 Å². The van der Waals surface area contributed by atoms with Crippen molar-refractivity contribution < 1.29 is 32.5 Å². The van der Waals surface area contributed by atoms with Crippen molar-refractivity contribution in [1.29, 1.82) is 0 Å². The predicted octanol–water partition coefficient (Wildman–Crippen LogP) is 8.63. The van der Waals surface area contributed by atoms with Gasteiger partial charge in [-0.1, -0.05) is 98.2 Å². The van der Waals surface area contributed by atoms with Gasteiger partial charge in [-0.3, -0.25) is 0 Å². The van der Waals surface area contributed by atoms with E-state index in [0.717, 1.165) is 11.1 Å². The minimum absolute atomic E-state index is 0.0362. The van der Waals surface area contributed by atoms with E-state index in [-0.39, 0.29) is 29.8 Å². The molecule has 238 valence electrons. The Balaban J connectivity index is 1.56. The van der Waals surface area contributed by atoms with Gasteiger partial charge in [-0.05, 0) is 46.9 Å². The van der Waals surface area contributed by atoms with Gasteiger partial charge in [0, 0.05) is 30.0 Å². The molecule has 0 radical (unpaired) electrons. The summed E-state index contributed by atoms with van der Waals surface area (Å²) in [6, 6.07) is 28.1. The third-order valence-electron chi connectivity index (χ3n) is 8.54. The van der Waals surface area contributed by atoms with Crippen molar-refractivity contribution in [1.82, 2.24) is 0 Å². The number of benzene rings is 4. The molecule has 45 heavy (non-hydrogen) atoms. The highest BCUT2D eigenvalue weighted by Gasteiger charge is 2.56. The zero-order chi connectivity index (χ0) is 32.0. The van der Waals surface area contributed by atoms with Crippen molar-refractivity contribution in [3.05, 3.63) is 135 Å². The van der Waals surface area contributed by atoms with Crippen LogP contribution in [-0.2, 0) is 44.4 Å². The van der Waals surface area contributed by atoms with E-state index in [0.29, 0.717) is 35.8 Å².